The quantitative estimate of drug-likeness (QED) is 0.789. The number of pyridine rings is 1. The van der Waals surface area contributed by atoms with Crippen molar-refractivity contribution in [2.45, 2.75) is 25.1 Å². The molecule has 9 heteroatoms. The second-order valence-corrected chi connectivity index (χ2v) is 9.61. The van der Waals surface area contributed by atoms with Crippen LogP contribution in [0.15, 0.2) is 18.3 Å². The lowest BCUT2D eigenvalue weighted by atomic mass is 9.91. The predicted molar refractivity (Wildman–Crippen MR) is 87.1 cm³/mol. The Morgan fingerprint density at radius 1 is 1.20 bits per heavy atom. The van der Waals surface area contributed by atoms with Gasteiger partial charge in [-0.05, 0) is 31.5 Å². The molecule has 3 aliphatic rings. The Hall–Kier alpha value is -1.35. The molecule has 0 aromatic carbocycles. The van der Waals surface area contributed by atoms with E-state index in [4.69, 9.17) is 0 Å². The fourth-order valence-corrected chi connectivity index (χ4v) is 6.68. The van der Waals surface area contributed by atoms with Gasteiger partial charge in [-0.15, -0.1) is 0 Å². The highest BCUT2D eigenvalue weighted by Gasteiger charge is 2.53. The molecule has 0 saturated carbocycles. The van der Waals surface area contributed by atoms with Gasteiger partial charge in [-0.1, -0.05) is 0 Å². The second kappa shape index (κ2) is 5.57. The summed E-state index contributed by atoms with van der Waals surface area (Å²) in [4.78, 5) is 7.94. The van der Waals surface area contributed by atoms with Crippen LogP contribution in [0.3, 0.4) is 0 Å². The van der Waals surface area contributed by atoms with Gasteiger partial charge in [0.2, 0.25) is 0 Å². The van der Waals surface area contributed by atoms with E-state index >= 15 is 0 Å². The largest absolute Gasteiger partial charge is 0.433 e. The van der Waals surface area contributed by atoms with E-state index in [1.165, 1.54) is 12.3 Å². The Labute approximate surface area is 144 Å². The standard InChI is InChI=1S/C16H20F3N3O2S/c17-16(18,19)14-2-1-12(7-20-14)21-5-3-13(8-21)22-6-4-15(9-22)10-25(23,24)11-15/h1-2,7,13H,3-6,8-11H2. The zero-order chi connectivity index (χ0) is 17.9. The summed E-state index contributed by atoms with van der Waals surface area (Å²) in [6, 6.07) is 2.82. The molecule has 0 radical (unpaired) electrons. The number of hydrogen-bond donors (Lipinski definition) is 0. The number of halogens is 3. The number of aromatic nitrogens is 1. The van der Waals surface area contributed by atoms with Crippen molar-refractivity contribution < 1.29 is 21.6 Å². The first kappa shape index (κ1) is 17.1. The SMILES string of the molecule is O=S1(=O)CC2(CCN(C3CCN(c4ccc(C(F)(F)F)nc4)C3)C2)C1. The monoisotopic (exact) mass is 375 g/mol. The van der Waals surface area contributed by atoms with Gasteiger partial charge in [-0.2, -0.15) is 13.2 Å². The van der Waals surface area contributed by atoms with Crippen LogP contribution in [-0.2, 0) is 16.0 Å². The maximum Gasteiger partial charge on any atom is 0.433 e. The van der Waals surface area contributed by atoms with Crippen LogP contribution in [-0.4, -0.2) is 62.0 Å². The van der Waals surface area contributed by atoms with Gasteiger partial charge in [0.25, 0.3) is 0 Å². The fraction of sp³-hybridized carbons (Fsp3) is 0.688. The number of alkyl halides is 3. The van der Waals surface area contributed by atoms with Crippen LogP contribution in [0.25, 0.3) is 0 Å². The van der Waals surface area contributed by atoms with Crippen molar-refractivity contribution in [2.24, 2.45) is 5.41 Å². The molecule has 4 rings (SSSR count). The predicted octanol–water partition coefficient (Wildman–Crippen LogP) is 1.80. The van der Waals surface area contributed by atoms with Crippen molar-refractivity contribution in [3.63, 3.8) is 0 Å². The molecule has 1 aromatic rings. The Morgan fingerprint density at radius 3 is 2.56 bits per heavy atom. The van der Waals surface area contributed by atoms with E-state index in [2.05, 4.69) is 14.8 Å². The molecule has 1 aromatic heterocycles. The van der Waals surface area contributed by atoms with Crippen LogP contribution in [0.2, 0.25) is 0 Å². The number of anilines is 1. The molecule has 4 heterocycles. The van der Waals surface area contributed by atoms with Crippen molar-refractivity contribution in [1.82, 2.24) is 9.88 Å². The van der Waals surface area contributed by atoms with E-state index in [1.54, 1.807) is 0 Å². The zero-order valence-electron chi connectivity index (χ0n) is 13.7. The average Bonchev–Trinajstić information content (AvgIpc) is 3.12. The van der Waals surface area contributed by atoms with Crippen LogP contribution in [0.4, 0.5) is 18.9 Å². The Morgan fingerprint density at radius 2 is 1.96 bits per heavy atom. The third-order valence-corrected chi connectivity index (χ3v) is 7.71. The average molecular weight is 375 g/mol. The number of sulfone groups is 1. The summed E-state index contributed by atoms with van der Waals surface area (Å²) in [6.45, 7) is 3.24. The van der Waals surface area contributed by atoms with Crippen LogP contribution in [0.5, 0.6) is 0 Å². The maximum absolute atomic E-state index is 12.6. The molecule has 3 fully saturated rings. The lowest BCUT2D eigenvalue weighted by Crippen LogP contribution is -2.51. The van der Waals surface area contributed by atoms with Gasteiger partial charge < -0.3 is 4.90 Å². The number of nitrogens with zero attached hydrogens (tertiary/aromatic N) is 3. The van der Waals surface area contributed by atoms with Crippen LogP contribution in [0, 0.1) is 5.41 Å². The molecule has 1 atom stereocenters. The van der Waals surface area contributed by atoms with Crippen molar-refractivity contribution >= 4 is 15.5 Å². The molecule has 5 nitrogen and oxygen atoms in total. The summed E-state index contributed by atoms with van der Waals surface area (Å²) in [6.07, 6.45) is -1.28. The molecule has 0 amide bonds. The van der Waals surface area contributed by atoms with Gasteiger partial charge >= 0.3 is 6.18 Å². The minimum atomic E-state index is -4.42. The van der Waals surface area contributed by atoms with Crippen molar-refractivity contribution in [1.29, 1.82) is 0 Å². The first-order valence-corrected chi connectivity index (χ1v) is 10.2. The number of rotatable bonds is 2. The first-order valence-electron chi connectivity index (χ1n) is 8.39. The zero-order valence-corrected chi connectivity index (χ0v) is 14.5. The van der Waals surface area contributed by atoms with Gasteiger partial charge in [-0.25, -0.2) is 13.4 Å². The highest BCUT2D eigenvalue weighted by molar-refractivity contribution is 7.92. The third kappa shape index (κ3) is 3.23. The summed E-state index contributed by atoms with van der Waals surface area (Å²) >= 11 is 0. The van der Waals surface area contributed by atoms with E-state index < -0.39 is 21.7 Å². The van der Waals surface area contributed by atoms with E-state index in [0.29, 0.717) is 23.2 Å². The Kier molecular flexibility index (Phi) is 3.81. The summed E-state index contributed by atoms with van der Waals surface area (Å²) in [5, 5.41) is 0. The summed E-state index contributed by atoms with van der Waals surface area (Å²) < 4.78 is 60.8. The Balaban J connectivity index is 1.37. The fourth-order valence-electron chi connectivity index (χ4n) is 4.42. The van der Waals surface area contributed by atoms with Crippen molar-refractivity contribution in [3.8, 4) is 0 Å². The molecular formula is C16H20F3N3O2S. The molecule has 0 N–H and O–H groups in total. The smallest absolute Gasteiger partial charge is 0.369 e. The third-order valence-electron chi connectivity index (χ3n) is 5.60. The van der Waals surface area contributed by atoms with Crippen LogP contribution < -0.4 is 4.90 Å². The minimum Gasteiger partial charge on any atom is -0.369 e. The van der Waals surface area contributed by atoms with Crippen LogP contribution >= 0.6 is 0 Å². The van der Waals surface area contributed by atoms with E-state index in [9.17, 15) is 21.6 Å². The summed E-state index contributed by atoms with van der Waals surface area (Å²) in [5.41, 5.74) is -0.224. The van der Waals surface area contributed by atoms with Crippen LogP contribution in [0.1, 0.15) is 18.5 Å². The maximum atomic E-state index is 12.6. The number of hydrogen-bond acceptors (Lipinski definition) is 5. The second-order valence-electron chi connectivity index (χ2n) is 7.54. The van der Waals surface area contributed by atoms with Gasteiger partial charge in [0, 0.05) is 31.1 Å². The molecule has 3 aliphatic heterocycles. The first-order chi connectivity index (χ1) is 11.7. The van der Waals surface area contributed by atoms with E-state index in [1.807, 2.05) is 0 Å². The summed E-state index contributed by atoms with van der Waals surface area (Å²) in [7, 11) is -2.83. The molecule has 0 bridgehead atoms. The molecule has 0 aliphatic carbocycles. The highest BCUT2D eigenvalue weighted by atomic mass is 32.2. The highest BCUT2D eigenvalue weighted by Crippen LogP contribution is 2.43. The topological polar surface area (TPSA) is 53.5 Å². The van der Waals surface area contributed by atoms with Gasteiger partial charge in [0.05, 0.1) is 23.4 Å². The Bertz CT molecular complexity index is 752. The summed E-state index contributed by atoms with van der Waals surface area (Å²) in [5.74, 6) is 0.603. The molecule has 25 heavy (non-hydrogen) atoms. The minimum absolute atomic E-state index is 0.0534. The molecular weight excluding hydrogens is 355 g/mol. The molecule has 138 valence electrons. The molecule has 3 saturated heterocycles. The van der Waals surface area contributed by atoms with Gasteiger partial charge in [0.15, 0.2) is 9.84 Å². The van der Waals surface area contributed by atoms with Gasteiger partial charge in [-0.3, -0.25) is 4.90 Å². The molecule has 1 spiro atoms. The normalized spacial score (nSPS) is 28.4. The number of likely N-dealkylation sites (tertiary alicyclic amines) is 1. The van der Waals surface area contributed by atoms with E-state index in [0.717, 1.165) is 45.1 Å². The van der Waals surface area contributed by atoms with E-state index in [-0.39, 0.29) is 5.41 Å². The van der Waals surface area contributed by atoms with Gasteiger partial charge in [0.1, 0.15) is 5.69 Å². The molecule has 1 unspecified atom stereocenters. The van der Waals surface area contributed by atoms with Crippen molar-refractivity contribution in [3.05, 3.63) is 24.0 Å². The lowest BCUT2D eigenvalue weighted by Gasteiger charge is -2.38. The van der Waals surface area contributed by atoms with Crippen molar-refractivity contribution in [2.75, 3.05) is 42.6 Å². The lowest BCUT2D eigenvalue weighted by molar-refractivity contribution is -0.141.